The summed E-state index contributed by atoms with van der Waals surface area (Å²) >= 11 is 0. The number of aromatic nitrogens is 3. The molecule has 3 rings (SSSR count). The van der Waals surface area contributed by atoms with Gasteiger partial charge in [-0.15, -0.1) is 0 Å². The summed E-state index contributed by atoms with van der Waals surface area (Å²) in [6.45, 7) is 5.05. The van der Waals surface area contributed by atoms with Gasteiger partial charge in [0.2, 0.25) is 0 Å². The Labute approximate surface area is 125 Å². The van der Waals surface area contributed by atoms with E-state index < -0.39 is 0 Å². The lowest BCUT2D eigenvalue weighted by Crippen LogP contribution is -2.45. The molecule has 1 unspecified atom stereocenters. The molecule has 1 fully saturated rings. The Hall–Kier alpha value is -2.01. The number of aryl methyl sites for hydroxylation is 1. The molecule has 0 bridgehead atoms. The van der Waals surface area contributed by atoms with Crippen molar-refractivity contribution in [3.05, 3.63) is 48.0 Å². The van der Waals surface area contributed by atoms with Gasteiger partial charge < -0.3 is 10.2 Å². The molecule has 0 spiro atoms. The Morgan fingerprint density at radius 3 is 3.05 bits per heavy atom. The van der Waals surface area contributed by atoms with Crippen molar-refractivity contribution in [2.75, 3.05) is 18.0 Å². The van der Waals surface area contributed by atoms with Crippen LogP contribution in [0.3, 0.4) is 0 Å². The van der Waals surface area contributed by atoms with Crippen LogP contribution in [0.5, 0.6) is 0 Å². The molecule has 1 aliphatic heterocycles. The second kappa shape index (κ2) is 6.63. The Balaban J connectivity index is 1.57. The second-order valence-corrected chi connectivity index (χ2v) is 5.57. The summed E-state index contributed by atoms with van der Waals surface area (Å²) < 4.78 is 0. The third-order valence-electron chi connectivity index (χ3n) is 3.91. The fourth-order valence-corrected chi connectivity index (χ4v) is 2.83. The van der Waals surface area contributed by atoms with Gasteiger partial charge in [0.1, 0.15) is 0 Å². The van der Waals surface area contributed by atoms with Gasteiger partial charge in [-0.3, -0.25) is 4.98 Å². The van der Waals surface area contributed by atoms with E-state index in [0.717, 1.165) is 31.0 Å². The predicted molar refractivity (Wildman–Crippen MR) is 83.1 cm³/mol. The van der Waals surface area contributed by atoms with Crippen molar-refractivity contribution < 1.29 is 0 Å². The third-order valence-corrected chi connectivity index (χ3v) is 3.91. The Kier molecular flexibility index (Phi) is 4.40. The largest absolute Gasteiger partial charge is 0.369 e. The van der Waals surface area contributed by atoms with Gasteiger partial charge in [0.05, 0.1) is 18.1 Å². The fourth-order valence-electron chi connectivity index (χ4n) is 2.83. The summed E-state index contributed by atoms with van der Waals surface area (Å²) in [6, 6.07) is 6.76. The van der Waals surface area contributed by atoms with Crippen LogP contribution >= 0.6 is 0 Å². The Bertz CT molecular complexity index is 572. The first kappa shape index (κ1) is 13.9. The van der Waals surface area contributed by atoms with Crippen molar-refractivity contribution in [1.82, 2.24) is 20.5 Å². The monoisotopic (exact) mass is 283 g/mol. The lowest BCUT2D eigenvalue weighted by Gasteiger charge is -2.34. The number of anilines is 1. The van der Waals surface area contributed by atoms with Gasteiger partial charge in [-0.1, -0.05) is 0 Å². The maximum atomic E-state index is 4.24. The number of pyridine rings is 1. The molecule has 1 aliphatic rings. The summed E-state index contributed by atoms with van der Waals surface area (Å²) in [5, 5.41) is 11.5. The number of nitrogens with zero attached hydrogens (tertiary/aromatic N) is 4. The Morgan fingerprint density at radius 1 is 1.29 bits per heavy atom. The van der Waals surface area contributed by atoms with Crippen molar-refractivity contribution in [2.24, 2.45) is 0 Å². The van der Waals surface area contributed by atoms with Gasteiger partial charge in [-0.05, 0) is 43.5 Å². The molecule has 1 saturated heterocycles. The summed E-state index contributed by atoms with van der Waals surface area (Å²) in [6.07, 6.45) is 7.90. The van der Waals surface area contributed by atoms with Crippen LogP contribution in [-0.4, -0.2) is 34.3 Å². The SMILES string of the molecule is Cc1cc(CNC2CCCN(c3ccnnc3)C2)ccn1. The van der Waals surface area contributed by atoms with Gasteiger partial charge in [0, 0.05) is 37.6 Å². The molecule has 0 aliphatic carbocycles. The van der Waals surface area contributed by atoms with Crippen LogP contribution in [0, 0.1) is 6.92 Å². The molecule has 0 saturated carbocycles. The minimum Gasteiger partial charge on any atom is -0.369 e. The molecular formula is C16H21N5. The predicted octanol–water partition coefficient (Wildman–Crippen LogP) is 1.94. The van der Waals surface area contributed by atoms with Gasteiger partial charge in [-0.2, -0.15) is 10.2 Å². The van der Waals surface area contributed by atoms with E-state index in [1.165, 1.54) is 18.4 Å². The molecule has 21 heavy (non-hydrogen) atoms. The molecule has 0 aromatic carbocycles. The lowest BCUT2D eigenvalue weighted by molar-refractivity contribution is 0.421. The third kappa shape index (κ3) is 3.76. The van der Waals surface area contributed by atoms with Crippen molar-refractivity contribution in [2.45, 2.75) is 32.4 Å². The number of hydrogen-bond donors (Lipinski definition) is 1. The van der Waals surface area contributed by atoms with E-state index in [9.17, 15) is 0 Å². The summed E-state index contributed by atoms with van der Waals surface area (Å²) in [5.74, 6) is 0. The second-order valence-electron chi connectivity index (χ2n) is 5.57. The molecule has 1 atom stereocenters. The van der Waals surface area contributed by atoms with Gasteiger partial charge in [0.25, 0.3) is 0 Å². The van der Waals surface area contributed by atoms with Crippen LogP contribution in [0.4, 0.5) is 5.69 Å². The molecule has 2 aromatic rings. The topological polar surface area (TPSA) is 53.9 Å². The normalized spacial score (nSPS) is 18.7. The first-order valence-corrected chi connectivity index (χ1v) is 7.48. The standard InChI is InChI=1S/C16H21N5/c1-13-9-14(4-6-17-13)10-18-15-3-2-8-21(12-15)16-5-7-19-20-11-16/h4-7,9,11,15,18H,2-3,8,10,12H2,1H3. The number of nitrogens with one attached hydrogen (secondary N) is 1. The minimum absolute atomic E-state index is 0.514. The zero-order valence-corrected chi connectivity index (χ0v) is 12.4. The van der Waals surface area contributed by atoms with Gasteiger partial charge in [-0.25, -0.2) is 0 Å². The van der Waals surface area contributed by atoms with E-state index in [4.69, 9.17) is 0 Å². The zero-order chi connectivity index (χ0) is 14.5. The summed E-state index contributed by atoms with van der Waals surface area (Å²) in [4.78, 5) is 6.62. The van der Waals surface area contributed by atoms with Gasteiger partial charge in [0.15, 0.2) is 0 Å². The van der Waals surface area contributed by atoms with E-state index >= 15 is 0 Å². The maximum absolute atomic E-state index is 4.24. The first-order chi connectivity index (χ1) is 10.3. The highest BCUT2D eigenvalue weighted by Crippen LogP contribution is 2.18. The maximum Gasteiger partial charge on any atom is 0.0729 e. The summed E-state index contributed by atoms with van der Waals surface area (Å²) in [5.41, 5.74) is 3.53. The zero-order valence-electron chi connectivity index (χ0n) is 12.4. The molecule has 5 heteroatoms. The van der Waals surface area contributed by atoms with E-state index in [2.05, 4.69) is 37.5 Å². The van der Waals surface area contributed by atoms with Crippen LogP contribution in [0.25, 0.3) is 0 Å². The van der Waals surface area contributed by atoms with Crippen molar-refractivity contribution in [3.63, 3.8) is 0 Å². The van der Waals surface area contributed by atoms with Gasteiger partial charge >= 0.3 is 0 Å². The van der Waals surface area contributed by atoms with Crippen LogP contribution in [0.2, 0.25) is 0 Å². The molecule has 3 heterocycles. The van der Waals surface area contributed by atoms with Crippen LogP contribution in [0.1, 0.15) is 24.1 Å². The van der Waals surface area contributed by atoms with Crippen molar-refractivity contribution >= 4 is 5.69 Å². The van der Waals surface area contributed by atoms with E-state index in [1.807, 2.05) is 25.4 Å². The number of hydrogen-bond acceptors (Lipinski definition) is 5. The lowest BCUT2D eigenvalue weighted by atomic mass is 10.0. The smallest absolute Gasteiger partial charge is 0.0729 e. The highest BCUT2D eigenvalue weighted by atomic mass is 15.2. The van der Waals surface area contributed by atoms with E-state index in [0.29, 0.717) is 6.04 Å². The molecule has 2 aromatic heterocycles. The molecule has 5 nitrogen and oxygen atoms in total. The fraction of sp³-hybridized carbons (Fsp3) is 0.438. The minimum atomic E-state index is 0.514. The quantitative estimate of drug-likeness (QED) is 0.929. The van der Waals surface area contributed by atoms with E-state index in [-0.39, 0.29) is 0 Å². The summed E-state index contributed by atoms with van der Waals surface area (Å²) in [7, 11) is 0. The molecule has 110 valence electrons. The Morgan fingerprint density at radius 2 is 2.24 bits per heavy atom. The van der Waals surface area contributed by atoms with E-state index in [1.54, 1.807) is 6.20 Å². The highest BCUT2D eigenvalue weighted by Gasteiger charge is 2.19. The van der Waals surface area contributed by atoms with Crippen LogP contribution in [-0.2, 0) is 6.54 Å². The molecular weight excluding hydrogens is 262 g/mol. The van der Waals surface area contributed by atoms with Crippen LogP contribution < -0.4 is 10.2 Å². The molecule has 0 amide bonds. The average Bonchev–Trinajstić information content (AvgIpc) is 2.54. The van der Waals surface area contributed by atoms with Crippen molar-refractivity contribution in [3.8, 4) is 0 Å². The molecule has 1 N–H and O–H groups in total. The average molecular weight is 283 g/mol. The number of rotatable bonds is 4. The number of piperidine rings is 1. The van der Waals surface area contributed by atoms with Crippen LogP contribution in [0.15, 0.2) is 36.8 Å². The van der Waals surface area contributed by atoms with Crippen molar-refractivity contribution in [1.29, 1.82) is 0 Å². The first-order valence-electron chi connectivity index (χ1n) is 7.48. The molecule has 0 radical (unpaired) electrons. The highest BCUT2D eigenvalue weighted by molar-refractivity contribution is 5.43.